The van der Waals surface area contributed by atoms with E-state index in [2.05, 4.69) is 201 Å². The molecule has 0 unspecified atom stereocenters. The Balaban J connectivity index is 1.58. The van der Waals surface area contributed by atoms with E-state index < -0.39 is 0 Å². The maximum atomic E-state index is 7.45. The average Bonchev–Trinajstić information content (AvgIpc) is 3.72. The van der Waals surface area contributed by atoms with Crippen LogP contribution < -0.4 is 0 Å². The maximum Gasteiger partial charge on any atom is 0.587 e. The molecule has 0 atom stereocenters. The Bertz CT molecular complexity index is 2370. The number of nitrogens with one attached hydrogen (secondary N) is 1. The summed E-state index contributed by atoms with van der Waals surface area (Å²) in [6.45, 7) is 20.2. The van der Waals surface area contributed by atoms with Crippen molar-refractivity contribution < 1.29 is 4.49 Å². The summed E-state index contributed by atoms with van der Waals surface area (Å²) in [5.41, 5.74) is 19.4. The predicted molar refractivity (Wildman–Crippen MR) is 227 cm³/mol. The number of allylic oxidation sites excluding steroid dienone is 2. The third kappa shape index (κ3) is 7.06. The van der Waals surface area contributed by atoms with Gasteiger partial charge in [-0.25, -0.2) is 0 Å². The number of aromatic nitrogens is 1. The number of hydrogen-bond donors (Lipinski definition) is 1. The first kappa shape index (κ1) is 36.0. The standard InChI is InChI=1S/C50H50BN2/c1-32-28-33(2)45(34(3)29-32)46(47-41(35-16-12-10-13-17-35)30-43(52-47)37-20-24-39(25-21-37)49(4,5)6)48-42(36-18-14-11-15-19-36)31-44(53(48)51)38-22-26-40(27-23-38)50(7,8)9/h10-31,52H,1-9H3/q+1. The number of nitrogens with zero attached hydrogens (tertiary/aromatic N) is 1. The van der Waals surface area contributed by atoms with E-state index in [9.17, 15) is 0 Å². The van der Waals surface area contributed by atoms with Crippen LogP contribution in [0.5, 0.6) is 0 Å². The van der Waals surface area contributed by atoms with E-state index in [-0.39, 0.29) is 10.8 Å². The van der Waals surface area contributed by atoms with Gasteiger partial charge < -0.3 is 4.98 Å². The molecule has 2 nitrogen and oxygen atoms in total. The first-order chi connectivity index (χ1) is 25.2. The summed E-state index contributed by atoms with van der Waals surface area (Å²) in [5.74, 6) is 0. The molecule has 0 saturated carbocycles. The zero-order valence-electron chi connectivity index (χ0n) is 32.7. The molecule has 0 saturated heterocycles. The van der Waals surface area contributed by atoms with Gasteiger partial charge in [0, 0.05) is 22.9 Å². The minimum Gasteiger partial charge on any atom is -0.354 e. The van der Waals surface area contributed by atoms with Crippen LogP contribution in [0.15, 0.2) is 139 Å². The Kier molecular flexibility index (Phi) is 9.41. The van der Waals surface area contributed by atoms with Crippen LogP contribution >= 0.6 is 0 Å². The van der Waals surface area contributed by atoms with Gasteiger partial charge in [0.1, 0.15) is 0 Å². The highest BCUT2D eigenvalue weighted by Gasteiger charge is 2.36. The van der Waals surface area contributed by atoms with E-state index in [1.807, 2.05) is 4.49 Å². The topological polar surface area (TPSA) is 18.8 Å². The Morgan fingerprint density at radius 2 is 1.06 bits per heavy atom. The molecule has 7 rings (SSSR count). The van der Waals surface area contributed by atoms with Crippen LogP contribution in [0, 0.1) is 20.8 Å². The van der Waals surface area contributed by atoms with Gasteiger partial charge in [0.05, 0.1) is 16.8 Å². The van der Waals surface area contributed by atoms with Gasteiger partial charge in [-0.15, -0.1) is 0 Å². The summed E-state index contributed by atoms with van der Waals surface area (Å²) < 4.78 is 1.93. The van der Waals surface area contributed by atoms with Gasteiger partial charge in [0.25, 0.3) is 0 Å². The Morgan fingerprint density at radius 3 is 1.57 bits per heavy atom. The van der Waals surface area contributed by atoms with Crippen LogP contribution in [0.2, 0.25) is 0 Å². The van der Waals surface area contributed by atoms with E-state index in [4.69, 9.17) is 7.98 Å². The van der Waals surface area contributed by atoms with Gasteiger partial charge in [0.15, 0.2) is 11.4 Å². The van der Waals surface area contributed by atoms with Crippen molar-refractivity contribution in [3.8, 4) is 22.4 Å². The minimum absolute atomic E-state index is 0.0528. The fourth-order valence-corrected chi connectivity index (χ4v) is 7.72. The van der Waals surface area contributed by atoms with Crippen molar-refractivity contribution in [1.29, 1.82) is 0 Å². The molecule has 0 amide bonds. The third-order valence-electron chi connectivity index (χ3n) is 10.5. The number of aromatic amines is 1. The quantitative estimate of drug-likeness (QED) is 0.168. The SMILES string of the molecule is [B][N+]1=C(c2ccc(C(C)(C)C)cc2)C=C(c2ccccc2)/C1=C(/c1[nH]c(-c2ccc(C(C)(C)C)cc2)cc1-c1ccccc1)c1c(C)cc(C)cc1C. The molecule has 1 aromatic heterocycles. The first-order valence-corrected chi connectivity index (χ1v) is 18.7. The summed E-state index contributed by atoms with van der Waals surface area (Å²) in [7, 11) is 7.45. The molecule has 5 aromatic carbocycles. The molecule has 1 aliphatic heterocycles. The molecule has 0 fully saturated rings. The largest absolute Gasteiger partial charge is 0.587 e. The monoisotopic (exact) mass is 689 g/mol. The number of aryl methyl sites for hydroxylation is 3. The molecule has 3 heteroatoms. The van der Waals surface area contributed by atoms with Gasteiger partial charge in [-0.2, -0.15) is 0 Å². The second-order valence-corrected chi connectivity index (χ2v) is 16.7. The van der Waals surface area contributed by atoms with Crippen molar-refractivity contribution in [2.75, 3.05) is 0 Å². The molecule has 2 heterocycles. The van der Waals surface area contributed by atoms with Crippen LogP contribution in [-0.2, 0) is 10.8 Å². The maximum absolute atomic E-state index is 7.45. The second kappa shape index (κ2) is 13.9. The summed E-state index contributed by atoms with van der Waals surface area (Å²) in [6.07, 6.45) is 2.27. The molecule has 0 spiro atoms. The summed E-state index contributed by atoms with van der Waals surface area (Å²) in [4.78, 5) is 3.99. The highest BCUT2D eigenvalue weighted by Crippen LogP contribution is 2.45. The van der Waals surface area contributed by atoms with E-state index >= 15 is 0 Å². The molecule has 1 N–H and O–H groups in total. The van der Waals surface area contributed by atoms with Crippen molar-refractivity contribution >= 4 is 24.8 Å². The fourth-order valence-electron chi connectivity index (χ4n) is 7.72. The smallest absolute Gasteiger partial charge is 0.354 e. The number of hydrogen-bond acceptors (Lipinski definition) is 0. The van der Waals surface area contributed by atoms with Gasteiger partial charge in [0.2, 0.25) is 0 Å². The van der Waals surface area contributed by atoms with Gasteiger partial charge in [-0.3, -0.25) is 4.49 Å². The van der Waals surface area contributed by atoms with Crippen molar-refractivity contribution in [2.24, 2.45) is 0 Å². The van der Waals surface area contributed by atoms with E-state index in [0.717, 1.165) is 61.8 Å². The lowest BCUT2D eigenvalue weighted by Crippen LogP contribution is -2.16. The summed E-state index contributed by atoms with van der Waals surface area (Å²) in [6, 6.07) is 46.2. The van der Waals surface area contributed by atoms with E-state index in [0.29, 0.717) is 0 Å². The lowest BCUT2D eigenvalue weighted by atomic mass is 9.85. The van der Waals surface area contributed by atoms with Gasteiger partial charge in [-0.1, -0.05) is 156 Å². The number of rotatable bonds is 6. The normalized spacial score (nSPS) is 14.5. The zero-order chi connectivity index (χ0) is 37.7. The molecule has 262 valence electrons. The van der Waals surface area contributed by atoms with Crippen molar-refractivity contribution in [3.05, 3.63) is 189 Å². The van der Waals surface area contributed by atoms with Crippen LogP contribution in [0.3, 0.4) is 0 Å². The Labute approximate surface area is 318 Å². The minimum atomic E-state index is 0.0528. The van der Waals surface area contributed by atoms with Crippen molar-refractivity contribution in [2.45, 2.75) is 73.1 Å². The van der Waals surface area contributed by atoms with E-state index in [1.165, 1.54) is 33.4 Å². The molecule has 0 bridgehead atoms. The first-order valence-electron chi connectivity index (χ1n) is 18.7. The molecule has 6 aromatic rings. The third-order valence-corrected chi connectivity index (χ3v) is 10.5. The molecule has 1 aliphatic rings. The lowest BCUT2D eigenvalue weighted by Gasteiger charge is -2.19. The van der Waals surface area contributed by atoms with Crippen LogP contribution in [-0.4, -0.2) is 23.2 Å². The van der Waals surface area contributed by atoms with Crippen LogP contribution in [0.25, 0.3) is 33.5 Å². The molecular weight excluding hydrogens is 639 g/mol. The van der Waals surface area contributed by atoms with Gasteiger partial charge in [-0.05, 0) is 94.3 Å². The van der Waals surface area contributed by atoms with Crippen molar-refractivity contribution in [3.63, 3.8) is 0 Å². The molecule has 0 aliphatic carbocycles. The van der Waals surface area contributed by atoms with Crippen LogP contribution in [0.1, 0.15) is 91.7 Å². The zero-order valence-corrected chi connectivity index (χ0v) is 32.7. The van der Waals surface area contributed by atoms with E-state index in [1.54, 1.807) is 0 Å². The average molecular weight is 690 g/mol. The summed E-state index contributed by atoms with van der Waals surface area (Å²) in [5, 5.41) is 0. The molecule has 53 heavy (non-hydrogen) atoms. The Morgan fingerprint density at radius 1 is 0.566 bits per heavy atom. The highest BCUT2D eigenvalue weighted by molar-refractivity contribution is 6.20. The predicted octanol–water partition coefficient (Wildman–Crippen LogP) is 12.3. The second-order valence-electron chi connectivity index (χ2n) is 16.7. The molecular formula is C50H50BN2+. The lowest BCUT2D eigenvalue weighted by molar-refractivity contribution is -0.296. The van der Waals surface area contributed by atoms with Gasteiger partial charge >= 0.3 is 7.98 Å². The summed E-state index contributed by atoms with van der Waals surface area (Å²) >= 11 is 0. The van der Waals surface area contributed by atoms with Crippen molar-refractivity contribution in [1.82, 2.24) is 4.98 Å². The van der Waals surface area contributed by atoms with Crippen LogP contribution in [0.4, 0.5) is 0 Å². The fraction of sp³-hybridized carbons (Fsp3) is 0.220. The highest BCUT2D eigenvalue weighted by atomic mass is 15.0. The molecule has 2 radical (unpaired) electrons. The number of H-pyrrole nitrogens is 1. The Hall–Kier alpha value is -5.41. The number of benzene rings is 5.